The van der Waals surface area contributed by atoms with Crippen molar-refractivity contribution < 1.29 is 4.92 Å². The summed E-state index contributed by atoms with van der Waals surface area (Å²) >= 11 is 3.45. The van der Waals surface area contributed by atoms with Gasteiger partial charge in [0.2, 0.25) is 0 Å². The van der Waals surface area contributed by atoms with Crippen LogP contribution in [0.25, 0.3) is 22.6 Å². The highest BCUT2D eigenvalue weighted by Gasteiger charge is 2.22. The van der Waals surface area contributed by atoms with Crippen LogP contribution < -0.4 is 5.56 Å². The van der Waals surface area contributed by atoms with Crippen molar-refractivity contribution in [3.05, 3.63) is 78.8 Å². The van der Waals surface area contributed by atoms with Crippen LogP contribution in [0.15, 0.2) is 51.7 Å². The van der Waals surface area contributed by atoms with Crippen LogP contribution in [0.5, 0.6) is 0 Å². The van der Waals surface area contributed by atoms with Gasteiger partial charge in [-0.25, -0.2) is 4.98 Å². The summed E-state index contributed by atoms with van der Waals surface area (Å²) in [5, 5.41) is 11.2. The first-order valence-electron chi connectivity index (χ1n) is 7.68. The molecular weight excluding hydrogens is 386 g/mol. The average molecular weight is 398 g/mol. The SMILES string of the molecule is O=c1c2cc([N+](=O)[O-])ccc2nc2n1CC/C2=C/c1cccc(Br)c1. The highest BCUT2D eigenvalue weighted by molar-refractivity contribution is 9.10. The Bertz CT molecular complexity index is 1120. The molecule has 0 radical (unpaired) electrons. The van der Waals surface area contributed by atoms with E-state index in [1.54, 1.807) is 4.57 Å². The van der Waals surface area contributed by atoms with E-state index in [2.05, 4.69) is 20.9 Å². The van der Waals surface area contributed by atoms with Gasteiger partial charge in [-0.05, 0) is 41.8 Å². The topological polar surface area (TPSA) is 78.0 Å². The van der Waals surface area contributed by atoms with Crippen LogP contribution in [0.2, 0.25) is 0 Å². The number of allylic oxidation sites excluding steroid dienone is 1. The summed E-state index contributed by atoms with van der Waals surface area (Å²) in [5.74, 6) is 0.631. The molecule has 0 spiro atoms. The van der Waals surface area contributed by atoms with Gasteiger partial charge >= 0.3 is 0 Å². The third-order valence-corrected chi connectivity index (χ3v) is 4.72. The lowest BCUT2D eigenvalue weighted by molar-refractivity contribution is -0.384. The molecule has 0 atom stereocenters. The molecular formula is C18H12BrN3O3. The van der Waals surface area contributed by atoms with E-state index in [1.807, 2.05) is 30.3 Å². The number of hydrogen-bond acceptors (Lipinski definition) is 4. The van der Waals surface area contributed by atoms with Gasteiger partial charge in [-0.2, -0.15) is 0 Å². The Kier molecular flexibility index (Phi) is 3.73. The average Bonchev–Trinajstić information content (AvgIpc) is 2.98. The van der Waals surface area contributed by atoms with Gasteiger partial charge < -0.3 is 0 Å². The monoisotopic (exact) mass is 397 g/mol. The number of halogens is 1. The first kappa shape index (κ1) is 15.7. The highest BCUT2D eigenvalue weighted by Crippen LogP contribution is 2.28. The van der Waals surface area contributed by atoms with Gasteiger partial charge in [-0.15, -0.1) is 0 Å². The standard InChI is InChI=1S/C18H12BrN3O3/c19-13-3-1-2-11(9-13)8-12-6-7-21-17(12)20-16-5-4-14(22(24)25)10-15(16)18(21)23/h1-5,8-10H,6-7H2/b12-8-. The Hall–Kier alpha value is -2.80. The number of benzene rings is 2. The van der Waals surface area contributed by atoms with Crippen molar-refractivity contribution in [1.82, 2.24) is 9.55 Å². The number of non-ortho nitro benzene ring substituents is 1. The maximum absolute atomic E-state index is 12.7. The number of rotatable bonds is 2. The van der Waals surface area contributed by atoms with Crippen LogP contribution in [0, 0.1) is 10.1 Å². The van der Waals surface area contributed by atoms with Crippen molar-refractivity contribution >= 4 is 44.2 Å². The molecule has 124 valence electrons. The van der Waals surface area contributed by atoms with Crippen LogP contribution in [-0.2, 0) is 6.54 Å². The Morgan fingerprint density at radius 1 is 1.24 bits per heavy atom. The summed E-state index contributed by atoms with van der Waals surface area (Å²) in [6.07, 6.45) is 2.72. The lowest BCUT2D eigenvalue weighted by atomic mass is 10.1. The second kappa shape index (κ2) is 5.93. The van der Waals surface area contributed by atoms with E-state index in [0.29, 0.717) is 24.3 Å². The van der Waals surface area contributed by atoms with Crippen molar-refractivity contribution in [2.75, 3.05) is 0 Å². The van der Waals surface area contributed by atoms with Gasteiger partial charge in [-0.1, -0.05) is 28.1 Å². The number of hydrogen-bond donors (Lipinski definition) is 0. The zero-order valence-electron chi connectivity index (χ0n) is 13.0. The molecule has 7 heteroatoms. The van der Waals surface area contributed by atoms with E-state index in [0.717, 1.165) is 15.6 Å². The van der Waals surface area contributed by atoms with Gasteiger partial charge in [-0.3, -0.25) is 19.5 Å². The highest BCUT2D eigenvalue weighted by atomic mass is 79.9. The van der Waals surface area contributed by atoms with Gasteiger partial charge in [0, 0.05) is 23.2 Å². The first-order valence-corrected chi connectivity index (χ1v) is 8.48. The van der Waals surface area contributed by atoms with Crippen LogP contribution >= 0.6 is 15.9 Å². The van der Waals surface area contributed by atoms with Crippen molar-refractivity contribution in [2.24, 2.45) is 0 Å². The summed E-state index contributed by atoms with van der Waals surface area (Å²) in [4.78, 5) is 27.7. The number of nitro benzene ring substituents is 1. The predicted octanol–water partition coefficient (Wildman–Crippen LogP) is 4.01. The minimum atomic E-state index is -0.505. The van der Waals surface area contributed by atoms with Gasteiger partial charge in [0.05, 0.1) is 15.8 Å². The minimum absolute atomic E-state index is 0.102. The molecule has 0 aliphatic carbocycles. The van der Waals surface area contributed by atoms with Crippen LogP contribution in [0.1, 0.15) is 17.8 Å². The smallest absolute Gasteiger partial charge is 0.270 e. The maximum atomic E-state index is 12.7. The van der Waals surface area contributed by atoms with Crippen LogP contribution in [0.3, 0.4) is 0 Å². The summed E-state index contributed by atoms with van der Waals surface area (Å²) < 4.78 is 2.58. The van der Waals surface area contributed by atoms with Gasteiger partial charge in [0.1, 0.15) is 5.82 Å². The van der Waals surface area contributed by atoms with Crippen LogP contribution in [-0.4, -0.2) is 14.5 Å². The van der Waals surface area contributed by atoms with E-state index < -0.39 is 4.92 Å². The Balaban J connectivity index is 1.88. The fourth-order valence-corrected chi connectivity index (χ4v) is 3.47. The van der Waals surface area contributed by atoms with E-state index >= 15 is 0 Å². The lowest BCUT2D eigenvalue weighted by Gasteiger charge is -2.05. The largest absolute Gasteiger partial charge is 0.292 e. The lowest BCUT2D eigenvalue weighted by Crippen LogP contribution is -2.20. The third-order valence-electron chi connectivity index (χ3n) is 4.23. The summed E-state index contributed by atoms with van der Waals surface area (Å²) in [6, 6.07) is 12.1. The third kappa shape index (κ3) is 2.76. The molecule has 1 aromatic heterocycles. The molecule has 1 aliphatic heterocycles. The van der Waals surface area contributed by atoms with Gasteiger partial charge in [0.15, 0.2) is 0 Å². The van der Waals surface area contributed by atoms with Gasteiger partial charge in [0.25, 0.3) is 11.2 Å². The molecule has 0 N–H and O–H groups in total. The Labute approximate surface area is 150 Å². The van der Waals surface area contributed by atoms with Crippen LogP contribution in [0.4, 0.5) is 5.69 Å². The zero-order chi connectivity index (χ0) is 17.6. The van der Waals surface area contributed by atoms with E-state index in [9.17, 15) is 14.9 Å². The first-order chi connectivity index (χ1) is 12.0. The molecule has 2 heterocycles. The molecule has 0 unspecified atom stereocenters. The molecule has 3 aromatic rings. The molecule has 1 aliphatic rings. The molecule has 2 aromatic carbocycles. The van der Waals surface area contributed by atoms with E-state index in [4.69, 9.17) is 0 Å². The number of aromatic nitrogens is 2. The number of fused-ring (bicyclic) bond motifs is 2. The Morgan fingerprint density at radius 3 is 2.84 bits per heavy atom. The van der Waals surface area contributed by atoms with Crippen molar-refractivity contribution in [3.8, 4) is 0 Å². The van der Waals surface area contributed by atoms with Crippen molar-refractivity contribution in [2.45, 2.75) is 13.0 Å². The normalized spacial score (nSPS) is 14.8. The second-order valence-corrected chi connectivity index (χ2v) is 6.74. The van der Waals surface area contributed by atoms with E-state index in [1.165, 1.54) is 18.2 Å². The van der Waals surface area contributed by atoms with E-state index in [-0.39, 0.29) is 16.6 Å². The number of nitrogens with zero attached hydrogens (tertiary/aromatic N) is 3. The second-order valence-electron chi connectivity index (χ2n) is 5.83. The zero-order valence-corrected chi connectivity index (χ0v) is 14.6. The predicted molar refractivity (Wildman–Crippen MR) is 99.3 cm³/mol. The summed E-state index contributed by atoms with van der Waals surface area (Å²) in [6.45, 7) is 0.527. The van der Waals surface area contributed by atoms with Crippen molar-refractivity contribution in [1.29, 1.82) is 0 Å². The molecule has 25 heavy (non-hydrogen) atoms. The molecule has 0 amide bonds. The maximum Gasteiger partial charge on any atom is 0.270 e. The molecule has 6 nitrogen and oxygen atoms in total. The fourth-order valence-electron chi connectivity index (χ4n) is 3.05. The fraction of sp³-hybridized carbons (Fsp3) is 0.111. The Morgan fingerprint density at radius 2 is 2.08 bits per heavy atom. The molecule has 0 saturated carbocycles. The summed E-state index contributed by atoms with van der Waals surface area (Å²) in [7, 11) is 0. The quantitative estimate of drug-likeness (QED) is 0.483. The molecule has 0 bridgehead atoms. The number of nitro groups is 1. The summed E-state index contributed by atoms with van der Waals surface area (Å²) in [5.41, 5.74) is 2.14. The molecule has 0 fully saturated rings. The van der Waals surface area contributed by atoms with Crippen molar-refractivity contribution in [3.63, 3.8) is 0 Å². The molecule has 0 saturated heterocycles. The minimum Gasteiger partial charge on any atom is -0.292 e. The molecule has 4 rings (SSSR count).